The molecular formula is C45H74O10. The first-order valence-electron chi connectivity index (χ1n) is 21.0. The third-order valence-electron chi connectivity index (χ3n) is 9.47. The van der Waals surface area contributed by atoms with Gasteiger partial charge in [0.2, 0.25) is 0 Å². The average molecular weight is 775 g/mol. The Bertz CT molecular complexity index is 1140. The summed E-state index contributed by atoms with van der Waals surface area (Å²) < 4.78 is 16.9. The molecule has 314 valence electrons. The molecular weight excluding hydrogens is 700 g/mol. The number of carboxylic acids is 1. The van der Waals surface area contributed by atoms with E-state index in [2.05, 4.69) is 86.8 Å². The van der Waals surface area contributed by atoms with Crippen molar-refractivity contribution in [3.63, 3.8) is 0 Å². The second-order valence-corrected chi connectivity index (χ2v) is 14.3. The number of unbranched alkanes of at least 4 members (excludes halogenated alkanes) is 9. The second-order valence-electron chi connectivity index (χ2n) is 14.3. The molecule has 1 saturated heterocycles. The number of aliphatic hydroxyl groups is 4. The van der Waals surface area contributed by atoms with Crippen LogP contribution in [0.15, 0.2) is 72.9 Å². The van der Waals surface area contributed by atoms with Gasteiger partial charge in [0.1, 0.15) is 30.5 Å². The normalized spacial score (nSPS) is 22.0. The lowest BCUT2D eigenvalue weighted by atomic mass is 9.94. The highest BCUT2D eigenvalue weighted by Gasteiger charge is 2.44. The monoisotopic (exact) mass is 775 g/mol. The summed E-state index contributed by atoms with van der Waals surface area (Å²) in [6.45, 7) is 3.36. The summed E-state index contributed by atoms with van der Waals surface area (Å²) in [7, 11) is 0. The Morgan fingerprint density at radius 2 is 1.13 bits per heavy atom. The van der Waals surface area contributed by atoms with Gasteiger partial charge in [-0.15, -0.1) is 0 Å². The molecule has 0 spiro atoms. The third-order valence-corrected chi connectivity index (χ3v) is 9.47. The molecule has 2 unspecified atom stereocenters. The van der Waals surface area contributed by atoms with Gasteiger partial charge in [-0.25, -0.2) is 0 Å². The molecule has 7 atom stereocenters. The SMILES string of the molecule is CCC=CCC=CCC=CCCCCCCCC(=O)OC(CO[C@H]1O[C@H](CO)[C@@H](O)[C@H](O)[C@H]1O)CC(CCCCCCC=CCC=CCC=CCC)C(=O)O. The largest absolute Gasteiger partial charge is 0.481 e. The molecule has 0 bridgehead atoms. The summed E-state index contributed by atoms with van der Waals surface area (Å²) in [4.78, 5) is 25.2. The highest BCUT2D eigenvalue weighted by atomic mass is 16.7. The van der Waals surface area contributed by atoms with Crippen molar-refractivity contribution in [2.24, 2.45) is 5.92 Å². The summed E-state index contributed by atoms with van der Waals surface area (Å²) in [5.74, 6) is -2.21. The van der Waals surface area contributed by atoms with E-state index >= 15 is 0 Å². The van der Waals surface area contributed by atoms with Gasteiger partial charge in [0.05, 0.1) is 19.1 Å². The van der Waals surface area contributed by atoms with Crippen molar-refractivity contribution < 1.29 is 49.3 Å². The number of rotatable bonds is 33. The number of aliphatic carboxylic acids is 1. The highest BCUT2D eigenvalue weighted by molar-refractivity contribution is 5.71. The Hall–Kier alpha value is -2.86. The predicted molar refractivity (Wildman–Crippen MR) is 219 cm³/mol. The van der Waals surface area contributed by atoms with Crippen molar-refractivity contribution in [3.8, 4) is 0 Å². The molecule has 0 aromatic carbocycles. The van der Waals surface area contributed by atoms with Crippen molar-refractivity contribution >= 4 is 11.9 Å². The smallest absolute Gasteiger partial charge is 0.306 e. The molecule has 0 aliphatic carbocycles. The van der Waals surface area contributed by atoms with Gasteiger partial charge in [0, 0.05) is 6.42 Å². The molecule has 1 fully saturated rings. The quantitative estimate of drug-likeness (QED) is 0.0248. The van der Waals surface area contributed by atoms with Crippen molar-refractivity contribution in [3.05, 3.63) is 72.9 Å². The standard InChI is InChI=1S/C45H74O10/c1-3-5-7-9-11-13-15-17-19-21-23-25-27-29-31-33-40(47)54-38(36-53-45-43(50)42(49)41(48)39(35-46)55-45)34-37(44(51)52)32-30-28-26-24-22-20-18-16-14-12-10-8-6-4-2/h5-8,11-14,17-20,37-39,41-43,45-46,48-50H,3-4,9-10,15-16,21-36H2,1-2H3,(H,51,52)/t37?,38?,39-,41-,42+,43-,45+/m1/s1. The summed E-state index contributed by atoms with van der Waals surface area (Å²) in [6, 6.07) is 0. The van der Waals surface area contributed by atoms with Crippen LogP contribution in [-0.4, -0.2) is 87.5 Å². The van der Waals surface area contributed by atoms with E-state index in [0.29, 0.717) is 19.3 Å². The summed E-state index contributed by atoms with van der Waals surface area (Å²) in [6.07, 6.45) is 34.7. The van der Waals surface area contributed by atoms with E-state index in [9.17, 15) is 35.1 Å². The fraction of sp³-hybridized carbons (Fsp3) is 0.689. The number of carboxylic acid groups (broad SMARTS) is 1. The molecule has 10 nitrogen and oxygen atoms in total. The topological polar surface area (TPSA) is 163 Å². The van der Waals surface area contributed by atoms with Crippen LogP contribution in [0.5, 0.6) is 0 Å². The number of aliphatic hydroxyl groups excluding tert-OH is 4. The van der Waals surface area contributed by atoms with Crippen LogP contribution >= 0.6 is 0 Å². The Labute approximate surface area is 331 Å². The van der Waals surface area contributed by atoms with Crippen molar-refractivity contribution in [2.75, 3.05) is 13.2 Å². The van der Waals surface area contributed by atoms with Crippen LogP contribution in [-0.2, 0) is 23.8 Å². The van der Waals surface area contributed by atoms with E-state index in [0.717, 1.165) is 96.3 Å². The van der Waals surface area contributed by atoms with Gasteiger partial charge >= 0.3 is 11.9 Å². The maximum Gasteiger partial charge on any atom is 0.306 e. The molecule has 0 aromatic rings. The first-order valence-corrected chi connectivity index (χ1v) is 21.0. The minimum atomic E-state index is -1.62. The zero-order valence-corrected chi connectivity index (χ0v) is 33.8. The lowest BCUT2D eigenvalue weighted by molar-refractivity contribution is -0.305. The average Bonchev–Trinajstić information content (AvgIpc) is 3.17. The molecule has 10 heteroatoms. The molecule has 1 aliphatic heterocycles. The molecule has 0 radical (unpaired) electrons. The van der Waals surface area contributed by atoms with Crippen LogP contribution < -0.4 is 0 Å². The van der Waals surface area contributed by atoms with E-state index < -0.39 is 61.3 Å². The molecule has 0 aromatic heterocycles. The highest BCUT2D eigenvalue weighted by Crippen LogP contribution is 2.24. The Morgan fingerprint density at radius 1 is 0.636 bits per heavy atom. The van der Waals surface area contributed by atoms with Gasteiger partial charge in [-0.05, 0) is 83.5 Å². The number of hydrogen-bond acceptors (Lipinski definition) is 9. The molecule has 0 amide bonds. The van der Waals surface area contributed by atoms with Gasteiger partial charge in [-0.2, -0.15) is 0 Å². The molecule has 1 heterocycles. The van der Waals surface area contributed by atoms with E-state index in [1.54, 1.807) is 0 Å². The maximum absolute atomic E-state index is 12.9. The number of hydrogen-bond donors (Lipinski definition) is 5. The maximum atomic E-state index is 12.9. The van der Waals surface area contributed by atoms with Crippen molar-refractivity contribution in [2.45, 2.75) is 179 Å². The van der Waals surface area contributed by atoms with Crippen LogP contribution in [0.4, 0.5) is 0 Å². The molecule has 55 heavy (non-hydrogen) atoms. The molecule has 1 aliphatic rings. The second kappa shape index (κ2) is 34.4. The Morgan fingerprint density at radius 3 is 1.65 bits per heavy atom. The number of allylic oxidation sites excluding steroid dienone is 12. The van der Waals surface area contributed by atoms with Crippen LogP contribution in [0.25, 0.3) is 0 Å². The minimum Gasteiger partial charge on any atom is -0.481 e. The van der Waals surface area contributed by atoms with E-state index in [-0.39, 0.29) is 19.4 Å². The first-order chi connectivity index (χ1) is 26.7. The molecule has 1 rings (SSSR count). The van der Waals surface area contributed by atoms with Crippen LogP contribution in [0.1, 0.15) is 142 Å². The Balaban J connectivity index is 2.55. The zero-order chi connectivity index (χ0) is 40.4. The summed E-state index contributed by atoms with van der Waals surface area (Å²) in [5.41, 5.74) is 0. The number of carbonyl (C=O) groups is 2. The van der Waals surface area contributed by atoms with Gasteiger partial charge in [-0.3, -0.25) is 9.59 Å². The van der Waals surface area contributed by atoms with Gasteiger partial charge < -0.3 is 39.7 Å². The minimum absolute atomic E-state index is 0.0161. The van der Waals surface area contributed by atoms with Crippen molar-refractivity contribution in [1.82, 2.24) is 0 Å². The van der Waals surface area contributed by atoms with Gasteiger partial charge in [0.15, 0.2) is 6.29 Å². The first kappa shape index (κ1) is 50.2. The number of ether oxygens (including phenoxy) is 3. The lowest BCUT2D eigenvalue weighted by Gasteiger charge is -2.40. The number of esters is 1. The Kier molecular flexibility index (Phi) is 31.4. The van der Waals surface area contributed by atoms with E-state index in [1.165, 1.54) is 0 Å². The van der Waals surface area contributed by atoms with E-state index in [1.807, 2.05) is 0 Å². The van der Waals surface area contributed by atoms with Gasteiger partial charge in [0.25, 0.3) is 0 Å². The zero-order valence-electron chi connectivity index (χ0n) is 33.8. The van der Waals surface area contributed by atoms with Crippen LogP contribution in [0, 0.1) is 5.92 Å². The fourth-order valence-electron chi connectivity index (χ4n) is 6.18. The summed E-state index contributed by atoms with van der Waals surface area (Å²) in [5, 5.41) is 50.3. The third kappa shape index (κ3) is 25.8. The lowest BCUT2D eigenvalue weighted by Crippen LogP contribution is -2.59. The molecule has 0 saturated carbocycles. The fourth-order valence-corrected chi connectivity index (χ4v) is 6.18. The van der Waals surface area contributed by atoms with Gasteiger partial charge in [-0.1, -0.05) is 125 Å². The van der Waals surface area contributed by atoms with Crippen LogP contribution in [0.2, 0.25) is 0 Å². The molecule has 5 N–H and O–H groups in total. The number of carbonyl (C=O) groups excluding carboxylic acids is 1. The summed E-state index contributed by atoms with van der Waals surface area (Å²) >= 11 is 0. The predicted octanol–water partition coefficient (Wildman–Crippen LogP) is 8.59. The van der Waals surface area contributed by atoms with Crippen LogP contribution in [0.3, 0.4) is 0 Å². The van der Waals surface area contributed by atoms with E-state index in [4.69, 9.17) is 14.2 Å². The van der Waals surface area contributed by atoms with Crippen molar-refractivity contribution in [1.29, 1.82) is 0 Å².